The zero-order chi connectivity index (χ0) is 21.1. The van der Waals surface area contributed by atoms with Crippen LogP contribution in [0.5, 0.6) is 0 Å². The highest BCUT2D eigenvalue weighted by Gasteiger charge is 2.25. The third-order valence-corrected chi connectivity index (χ3v) is 6.37. The zero-order valence-electron chi connectivity index (χ0n) is 15.6. The van der Waals surface area contributed by atoms with Crippen molar-refractivity contribution in [2.45, 2.75) is 25.7 Å². The first-order valence-corrected chi connectivity index (χ1v) is 9.91. The number of rotatable bonds is 7. The highest BCUT2D eigenvalue weighted by molar-refractivity contribution is 7.89. The number of halogens is 1. The first-order chi connectivity index (χ1) is 13.1. The molecule has 0 unspecified atom stereocenters. The molecule has 10 heteroatoms. The van der Waals surface area contributed by atoms with Crippen LogP contribution in [0.3, 0.4) is 0 Å². The van der Waals surface area contributed by atoms with Gasteiger partial charge in [-0.25, -0.2) is 12.8 Å². The lowest BCUT2D eigenvalue weighted by Gasteiger charge is -2.20. The van der Waals surface area contributed by atoms with Crippen molar-refractivity contribution in [2.75, 3.05) is 18.4 Å². The molecule has 8 nitrogen and oxygen atoms in total. The van der Waals surface area contributed by atoms with Gasteiger partial charge in [-0.15, -0.1) is 0 Å². The van der Waals surface area contributed by atoms with Crippen LogP contribution in [0, 0.1) is 22.9 Å². The standard InChI is InChI=1S/C18H20FN3O5S/c1-4-21(5-2)28(26,27)17-10-13(7-6-12(17)3)18(23)20-16-11-14(22(24)25)8-9-15(16)19/h6-11H,4-5H2,1-3H3,(H,20,23). The van der Waals surface area contributed by atoms with E-state index >= 15 is 0 Å². The summed E-state index contributed by atoms with van der Waals surface area (Å²) in [5, 5.41) is 13.1. The molecule has 2 aromatic rings. The highest BCUT2D eigenvalue weighted by atomic mass is 32.2. The number of hydrogen-bond acceptors (Lipinski definition) is 5. The topological polar surface area (TPSA) is 110 Å². The van der Waals surface area contributed by atoms with Gasteiger partial charge in [0.15, 0.2) is 0 Å². The van der Waals surface area contributed by atoms with Gasteiger partial charge < -0.3 is 5.32 Å². The van der Waals surface area contributed by atoms with Crippen molar-refractivity contribution in [3.8, 4) is 0 Å². The molecule has 0 saturated carbocycles. The van der Waals surface area contributed by atoms with E-state index in [4.69, 9.17) is 0 Å². The highest BCUT2D eigenvalue weighted by Crippen LogP contribution is 2.24. The van der Waals surface area contributed by atoms with E-state index in [1.165, 1.54) is 22.5 Å². The number of carbonyl (C=O) groups is 1. The number of nitrogens with one attached hydrogen (secondary N) is 1. The van der Waals surface area contributed by atoms with Crippen LogP contribution in [0.4, 0.5) is 15.8 Å². The molecule has 0 saturated heterocycles. The molecule has 150 valence electrons. The fourth-order valence-corrected chi connectivity index (χ4v) is 4.35. The molecule has 2 aromatic carbocycles. The predicted molar refractivity (Wildman–Crippen MR) is 102 cm³/mol. The molecule has 0 aliphatic carbocycles. The van der Waals surface area contributed by atoms with Gasteiger partial charge in [0.05, 0.1) is 15.5 Å². The van der Waals surface area contributed by atoms with Crippen LogP contribution in [0.1, 0.15) is 29.8 Å². The summed E-state index contributed by atoms with van der Waals surface area (Å²) >= 11 is 0. The van der Waals surface area contributed by atoms with Crippen molar-refractivity contribution in [1.82, 2.24) is 4.31 Å². The Kier molecular flexibility index (Phi) is 6.47. The third kappa shape index (κ3) is 4.34. The van der Waals surface area contributed by atoms with Gasteiger partial charge >= 0.3 is 0 Å². The van der Waals surface area contributed by atoms with Gasteiger partial charge in [-0.2, -0.15) is 4.31 Å². The van der Waals surface area contributed by atoms with Crippen molar-refractivity contribution < 1.29 is 22.5 Å². The Morgan fingerprint density at radius 3 is 2.39 bits per heavy atom. The molecule has 0 radical (unpaired) electrons. The SMILES string of the molecule is CCN(CC)S(=O)(=O)c1cc(C(=O)Nc2cc([N+](=O)[O-])ccc2F)ccc1C. The van der Waals surface area contributed by atoms with Crippen LogP contribution >= 0.6 is 0 Å². The Bertz CT molecular complexity index is 1020. The Morgan fingerprint density at radius 2 is 1.82 bits per heavy atom. The van der Waals surface area contributed by atoms with E-state index in [2.05, 4.69) is 5.32 Å². The molecular formula is C18H20FN3O5S. The number of anilines is 1. The number of carbonyl (C=O) groups excluding carboxylic acids is 1. The smallest absolute Gasteiger partial charge is 0.271 e. The van der Waals surface area contributed by atoms with Crippen molar-refractivity contribution >= 4 is 27.3 Å². The van der Waals surface area contributed by atoms with E-state index in [1.54, 1.807) is 20.8 Å². The maximum absolute atomic E-state index is 13.9. The van der Waals surface area contributed by atoms with Gasteiger partial charge in [0.1, 0.15) is 5.82 Å². The Balaban J connectivity index is 2.41. The molecule has 0 aromatic heterocycles. The van der Waals surface area contributed by atoms with E-state index in [9.17, 15) is 27.7 Å². The minimum Gasteiger partial charge on any atom is -0.319 e. The summed E-state index contributed by atoms with van der Waals surface area (Å²) in [6.45, 7) is 5.57. The second-order valence-corrected chi connectivity index (χ2v) is 7.85. The van der Waals surface area contributed by atoms with Crippen molar-refractivity contribution in [3.63, 3.8) is 0 Å². The first-order valence-electron chi connectivity index (χ1n) is 8.47. The van der Waals surface area contributed by atoms with Gasteiger partial charge in [-0.3, -0.25) is 14.9 Å². The van der Waals surface area contributed by atoms with Crippen LogP contribution in [-0.2, 0) is 10.0 Å². The number of amides is 1. The van der Waals surface area contributed by atoms with E-state index in [0.29, 0.717) is 5.56 Å². The molecule has 28 heavy (non-hydrogen) atoms. The largest absolute Gasteiger partial charge is 0.319 e. The lowest BCUT2D eigenvalue weighted by Crippen LogP contribution is -2.31. The molecule has 0 heterocycles. The van der Waals surface area contributed by atoms with Gasteiger partial charge in [0.25, 0.3) is 11.6 Å². The number of hydrogen-bond donors (Lipinski definition) is 1. The van der Waals surface area contributed by atoms with Crippen LogP contribution in [0.2, 0.25) is 0 Å². The summed E-state index contributed by atoms with van der Waals surface area (Å²) in [5.74, 6) is -1.63. The molecule has 0 aliphatic heterocycles. The van der Waals surface area contributed by atoms with Crippen LogP contribution in [0.15, 0.2) is 41.3 Å². The maximum Gasteiger partial charge on any atom is 0.271 e. The second kappa shape index (κ2) is 8.44. The molecule has 1 N–H and O–H groups in total. The summed E-state index contributed by atoms with van der Waals surface area (Å²) in [7, 11) is -3.80. The summed E-state index contributed by atoms with van der Waals surface area (Å²) in [4.78, 5) is 22.6. The van der Waals surface area contributed by atoms with E-state index in [1.807, 2.05) is 0 Å². The minimum atomic E-state index is -3.80. The molecule has 0 spiro atoms. The zero-order valence-corrected chi connectivity index (χ0v) is 16.4. The molecule has 0 bridgehead atoms. The average Bonchev–Trinajstić information content (AvgIpc) is 2.64. The molecule has 2 rings (SSSR count). The lowest BCUT2D eigenvalue weighted by atomic mass is 10.1. The Hall–Kier alpha value is -2.85. The lowest BCUT2D eigenvalue weighted by molar-refractivity contribution is -0.384. The fourth-order valence-electron chi connectivity index (χ4n) is 2.64. The number of benzene rings is 2. The number of nitro benzene ring substituents is 1. The Morgan fingerprint density at radius 1 is 1.18 bits per heavy atom. The van der Waals surface area contributed by atoms with Gasteiger partial charge in [0, 0.05) is 30.8 Å². The number of aryl methyl sites for hydroxylation is 1. The molecule has 0 atom stereocenters. The maximum atomic E-state index is 13.9. The van der Waals surface area contributed by atoms with E-state index in [0.717, 1.165) is 18.2 Å². The van der Waals surface area contributed by atoms with Crippen LogP contribution in [-0.4, -0.2) is 36.6 Å². The van der Waals surface area contributed by atoms with E-state index < -0.39 is 26.7 Å². The molecular weight excluding hydrogens is 389 g/mol. The predicted octanol–water partition coefficient (Wildman–Crippen LogP) is 3.33. The average molecular weight is 409 g/mol. The van der Waals surface area contributed by atoms with Crippen LogP contribution in [0.25, 0.3) is 0 Å². The third-order valence-electron chi connectivity index (χ3n) is 4.18. The fraction of sp³-hybridized carbons (Fsp3) is 0.278. The minimum absolute atomic E-state index is 0.0118. The van der Waals surface area contributed by atoms with Crippen LogP contribution < -0.4 is 5.32 Å². The monoisotopic (exact) mass is 409 g/mol. The summed E-state index contributed by atoms with van der Waals surface area (Å²) in [5.41, 5.74) is -0.300. The molecule has 0 aliphatic rings. The number of sulfonamides is 1. The number of nitrogens with zero attached hydrogens (tertiary/aromatic N) is 2. The number of nitro groups is 1. The molecule has 0 fully saturated rings. The second-order valence-electron chi connectivity index (χ2n) is 5.94. The summed E-state index contributed by atoms with van der Waals surface area (Å²) in [6.07, 6.45) is 0. The first kappa shape index (κ1) is 21.5. The van der Waals surface area contributed by atoms with Crippen molar-refractivity contribution in [3.05, 3.63) is 63.5 Å². The quantitative estimate of drug-likeness (QED) is 0.557. The van der Waals surface area contributed by atoms with Gasteiger partial charge in [-0.1, -0.05) is 19.9 Å². The van der Waals surface area contributed by atoms with Gasteiger partial charge in [-0.05, 0) is 30.7 Å². The summed E-state index contributed by atoms with van der Waals surface area (Å²) < 4.78 is 40.7. The van der Waals surface area contributed by atoms with Gasteiger partial charge in [0.2, 0.25) is 10.0 Å². The normalized spacial score (nSPS) is 11.5. The summed E-state index contributed by atoms with van der Waals surface area (Å²) in [6, 6.07) is 6.85. The number of non-ortho nitro benzene ring substituents is 1. The Labute approximate surface area is 162 Å². The van der Waals surface area contributed by atoms with Crippen molar-refractivity contribution in [1.29, 1.82) is 0 Å². The van der Waals surface area contributed by atoms with Crippen molar-refractivity contribution in [2.24, 2.45) is 0 Å². The molecule has 1 amide bonds. The van der Waals surface area contributed by atoms with E-state index in [-0.39, 0.29) is 34.9 Å².